The maximum absolute atomic E-state index is 14.0. The topological polar surface area (TPSA) is 56.1 Å². The molecular formula is C31H35N3O2. The maximum atomic E-state index is 14.0. The number of carbonyl (C=O) groups excluding carboxylic acids is 1. The first kappa shape index (κ1) is 25.2. The van der Waals surface area contributed by atoms with E-state index < -0.39 is 0 Å². The monoisotopic (exact) mass is 481 g/mol. The van der Waals surface area contributed by atoms with Gasteiger partial charge < -0.3 is 14.6 Å². The Morgan fingerprint density at radius 3 is 2.19 bits per heavy atom. The molecule has 4 aromatic rings. The first-order chi connectivity index (χ1) is 17.5. The zero-order valence-corrected chi connectivity index (χ0v) is 21.8. The van der Waals surface area contributed by atoms with E-state index in [9.17, 15) is 4.79 Å². The summed E-state index contributed by atoms with van der Waals surface area (Å²) in [6.07, 6.45) is 0.781. The Kier molecular flexibility index (Phi) is 7.89. The van der Waals surface area contributed by atoms with Crippen molar-refractivity contribution in [2.24, 2.45) is 0 Å². The van der Waals surface area contributed by atoms with Crippen molar-refractivity contribution in [3.63, 3.8) is 0 Å². The molecule has 0 spiro atoms. The second-order valence-electron chi connectivity index (χ2n) is 9.20. The second kappa shape index (κ2) is 11.3. The minimum atomic E-state index is -0.144. The van der Waals surface area contributed by atoms with Crippen molar-refractivity contribution in [2.45, 2.75) is 52.6 Å². The summed E-state index contributed by atoms with van der Waals surface area (Å²) in [7, 11) is 1.66. The molecule has 0 saturated heterocycles. The largest absolute Gasteiger partial charge is 0.496 e. The molecule has 0 saturated carbocycles. The summed E-state index contributed by atoms with van der Waals surface area (Å²) in [5.74, 6) is 1.65. The van der Waals surface area contributed by atoms with Crippen molar-refractivity contribution < 1.29 is 9.53 Å². The average Bonchev–Trinajstić information content (AvgIpc) is 3.32. The van der Waals surface area contributed by atoms with Gasteiger partial charge in [0.25, 0.3) is 5.91 Å². The predicted molar refractivity (Wildman–Crippen MR) is 146 cm³/mol. The molecule has 5 heteroatoms. The van der Waals surface area contributed by atoms with E-state index in [-0.39, 0.29) is 11.9 Å². The van der Waals surface area contributed by atoms with Gasteiger partial charge in [-0.2, -0.15) is 0 Å². The van der Waals surface area contributed by atoms with Gasteiger partial charge in [0.2, 0.25) is 0 Å². The summed E-state index contributed by atoms with van der Waals surface area (Å²) in [4.78, 5) is 19.1. The lowest BCUT2D eigenvalue weighted by Crippen LogP contribution is -2.30. The number of nitrogens with zero attached hydrogens (tertiary/aromatic N) is 2. The van der Waals surface area contributed by atoms with Gasteiger partial charge in [-0.15, -0.1) is 0 Å². The first-order valence-corrected chi connectivity index (χ1v) is 12.7. The van der Waals surface area contributed by atoms with Crippen LogP contribution in [-0.4, -0.2) is 22.6 Å². The fourth-order valence-corrected chi connectivity index (χ4v) is 4.59. The Balaban J connectivity index is 1.91. The highest BCUT2D eigenvalue weighted by Crippen LogP contribution is 2.37. The number of imidazole rings is 1. The van der Waals surface area contributed by atoms with Crippen molar-refractivity contribution in [3.8, 4) is 28.4 Å². The summed E-state index contributed by atoms with van der Waals surface area (Å²) in [5.41, 5.74) is 5.22. The van der Waals surface area contributed by atoms with Crippen LogP contribution in [0.3, 0.4) is 0 Å². The molecule has 0 aliphatic carbocycles. The normalized spacial score (nSPS) is 11.9. The van der Waals surface area contributed by atoms with E-state index in [4.69, 9.17) is 9.72 Å². The number of hydrogen-bond acceptors (Lipinski definition) is 3. The zero-order chi connectivity index (χ0) is 25.7. The van der Waals surface area contributed by atoms with Crippen LogP contribution in [0.25, 0.3) is 22.6 Å². The van der Waals surface area contributed by atoms with Crippen LogP contribution in [0.1, 0.15) is 67.7 Å². The molecule has 3 aromatic carbocycles. The minimum absolute atomic E-state index is 0.101. The van der Waals surface area contributed by atoms with Crippen LogP contribution in [0.4, 0.5) is 0 Å². The number of ether oxygens (including phenoxy) is 1. The van der Waals surface area contributed by atoms with Crippen molar-refractivity contribution in [2.75, 3.05) is 7.11 Å². The number of methoxy groups -OCH3 is 1. The predicted octanol–water partition coefficient (Wildman–Crippen LogP) is 7.25. The van der Waals surface area contributed by atoms with Gasteiger partial charge in [0.05, 0.1) is 13.2 Å². The molecule has 1 N–H and O–H groups in total. The van der Waals surface area contributed by atoms with Crippen LogP contribution >= 0.6 is 0 Å². The number of rotatable bonds is 9. The van der Waals surface area contributed by atoms with Crippen molar-refractivity contribution in [3.05, 3.63) is 95.7 Å². The summed E-state index contributed by atoms with van der Waals surface area (Å²) in [6, 6.07) is 26.2. The van der Waals surface area contributed by atoms with Crippen LogP contribution in [0.5, 0.6) is 5.75 Å². The molecule has 1 heterocycles. The van der Waals surface area contributed by atoms with E-state index in [1.54, 1.807) is 7.11 Å². The summed E-state index contributed by atoms with van der Waals surface area (Å²) in [5, 5.41) is 3.28. The molecule has 4 rings (SSSR count). The van der Waals surface area contributed by atoms with Crippen molar-refractivity contribution >= 4 is 5.91 Å². The van der Waals surface area contributed by atoms with E-state index >= 15 is 0 Å². The van der Waals surface area contributed by atoms with Gasteiger partial charge in [-0.05, 0) is 42.5 Å². The molecule has 0 radical (unpaired) electrons. The molecule has 5 nitrogen and oxygen atoms in total. The third-order valence-corrected chi connectivity index (χ3v) is 6.59. The Morgan fingerprint density at radius 1 is 0.944 bits per heavy atom. The molecule has 1 amide bonds. The number of carbonyl (C=O) groups is 1. The molecule has 0 aliphatic rings. The Morgan fingerprint density at radius 2 is 1.61 bits per heavy atom. The van der Waals surface area contributed by atoms with E-state index in [1.165, 1.54) is 5.56 Å². The number of hydrogen-bond donors (Lipinski definition) is 1. The summed E-state index contributed by atoms with van der Waals surface area (Å²) < 4.78 is 7.76. The first-order valence-electron chi connectivity index (χ1n) is 12.7. The molecule has 0 fully saturated rings. The zero-order valence-electron chi connectivity index (χ0n) is 21.8. The molecule has 1 unspecified atom stereocenters. The molecular weight excluding hydrogens is 446 g/mol. The van der Waals surface area contributed by atoms with E-state index in [1.807, 2.05) is 66.1 Å². The number of benzene rings is 3. The lowest BCUT2D eigenvalue weighted by Gasteiger charge is -2.19. The van der Waals surface area contributed by atoms with Gasteiger partial charge in [0.15, 0.2) is 0 Å². The standard InChI is InChI=1S/C31H35N3O2/c1-6-26(22-14-10-8-11-15-22)32-31(35)29-28(25-20-24(21(3)4)18-19-27(25)36-5)33-30(34(29)7-2)23-16-12-9-13-17-23/h8-21,26H,6-7H2,1-5H3,(H,32,35). The molecule has 1 atom stereocenters. The quantitative estimate of drug-likeness (QED) is 0.274. The third kappa shape index (κ3) is 5.06. The molecule has 186 valence electrons. The highest BCUT2D eigenvalue weighted by atomic mass is 16.5. The number of nitrogens with one attached hydrogen (secondary N) is 1. The molecule has 36 heavy (non-hydrogen) atoms. The van der Waals surface area contributed by atoms with Crippen LogP contribution in [-0.2, 0) is 6.54 Å². The van der Waals surface area contributed by atoms with Crippen LogP contribution in [0.15, 0.2) is 78.9 Å². The Labute approximate surface area is 214 Å². The summed E-state index contributed by atoms with van der Waals surface area (Å²) in [6.45, 7) is 9.05. The molecule has 0 bridgehead atoms. The second-order valence-corrected chi connectivity index (χ2v) is 9.20. The minimum Gasteiger partial charge on any atom is -0.496 e. The van der Waals surface area contributed by atoms with Crippen molar-refractivity contribution in [1.29, 1.82) is 0 Å². The average molecular weight is 482 g/mol. The highest BCUT2D eigenvalue weighted by molar-refractivity contribution is 6.00. The smallest absolute Gasteiger partial charge is 0.270 e. The van der Waals surface area contributed by atoms with Gasteiger partial charge in [-0.25, -0.2) is 4.98 Å². The Bertz CT molecular complexity index is 1310. The molecule has 0 aliphatic heterocycles. The van der Waals surface area contributed by atoms with E-state index in [0.29, 0.717) is 29.6 Å². The van der Waals surface area contributed by atoms with Crippen molar-refractivity contribution in [1.82, 2.24) is 14.9 Å². The molecule has 1 aromatic heterocycles. The van der Waals surface area contributed by atoms with Crippen LogP contribution < -0.4 is 10.1 Å². The van der Waals surface area contributed by atoms with E-state index in [2.05, 4.69) is 50.4 Å². The van der Waals surface area contributed by atoms with E-state index in [0.717, 1.165) is 28.9 Å². The van der Waals surface area contributed by atoms with Gasteiger partial charge >= 0.3 is 0 Å². The summed E-state index contributed by atoms with van der Waals surface area (Å²) >= 11 is 0. The lowest BCUT2D eigenvalue weighted by molar-refractivity contribution is 0.0927. The fourth-order valence-electron chi connectivity index (χ4n) is 4.59. The number of aromatic nitrogens is 2. The van der Waals surface area contributed by atoms with Gasteiger partial charge in [0, 0.05) is 17.7 Å². The fraction of sp³-hybridized carbons (Fsp3) is 0.290. The number of amides is 1. The Hall–Kier alpha value is -3.86. The lowest BCUT2D eigenvalue weighted by atomic mass is 9.98. The maximum Gasteiger partial charge on any atom is 0.270 e. The SMILES string of the molecule is CCC(NC(=O)c1c(-c2cc(C(C)C)ccc2OC)nc(-c2ccccc2)n1CC)c1ccccc1. The van der Waals surface area contributed by atoms with Crippen LogP contribution in [0.2, 0.25) is 0 Å². The third-order valence-electron chi connectivity index (χ3n) is 6.59. The highest BCUT2D eigenvalue weighted by Gasteiger charge is 2.28. The van der Waals surface area contributed by atoms with Gasteiger partial charge in [-0.3, -0.25) is 4.79 Å². The van der Waals surface area contributed by atoms with Gasteiger partial charge in [-0.1, -0.05) is 87.5 Å². The van der Waals surface area contributed by atoms with Crippen LogP contribution in [0, 0.1) is 0 Å². The van der Waals surface area contributed by atoms with Gasteiger partial charge in [0.1, 0.15) is 23.0 Å².